The van der Waals surface area contributed by atoms with Crippen LogP contribution in [-0.2, 0) is 4.74 Å². The van der Waals surface area contributed by atoms with E-state index in [1.807, 2.05) is 51.1 Å². The lowest BCUT2D eigenvalue weighted by Crippen LogP contribution is -2.23. The van der Waals surface area contributed by atoms with Crippen LogP contribution in [0.15, 0.2) is 30.3 Å². The Morgan fingerprint density at radius 3 is 2.70 bits per heavy atom. The number of pyridine rings is 1. The van der Waals surface area contributed by atoms with E-state index in [4.69, 9.17) is 4.74 Å². The first-order valence-electron chi connectivity index (χ1n) is 6.88. The van der Waals surface area contributed by atoms with Gasteiger partial charge in [-0.2, -0.15) is 0 Å². The highest BCUT2D eigenvalue weighted by molar-refractivity contribution is 5.97. The highest BCUT2D eigenvalue weighted by atomic mass is 16.5. The number of aryl methyl sites for hydroxylation is 1. The normalized spacial score (nSPS) is 11.8. The number of hydrogen-bond acceptors (Lipinski definition) is 3. The molecule has 0 saturated carbocycles. The maximum absolute atomic E-state index is 12.3. The molecule has 0 fully saturated rings. The van der Waals surface area contributed by atoms with Crippen molar-refractivity contribution in [3.8, 4) is 0 Å². The molecule has 2 rings (SSSR count). The number of fused-ring (bicyclic) bond motifs is 1. The molecule has 0 spiro atoms. The summed E-state index contributed by atoms with van der Waals surface area (Å²) < 4.78 is 5.35. The Kier molecular flexibility index (Phi) is 4.19. The lowest BCUT2D eigenvalue weighted by Gasteiger charge is -2.22. The number of methoxy groups -OCH3 is 1. The number of carbonyl (C=O) groups excluding carboxylic acids is 1. The minimum atomic E-state index is -0.276. The molecule has 3 heteroatoms. The molecule has 0 unspecified atom stereocenters. The molecule has 20 heavy (non-hydrogen) atoms. The third kappa shape index (κ3) is 3.23. The second kappa shape index (κ2) is 5.71. The average Bonchev–Trinajstić information content (AvgIpc) is 2.45. The lowest BCUT2D eigenvalue weighted by atomic mass is 9.98. The van der Waals surface area contributed by atoms with Gasteiger partial charge < -0.3 is 4.74 Å². The van der Waals surface area contributed by atoms with Crippen LogP contribution in [0.4, 0.5) is 0 Å². The van der Waals surface area contributed by atoms with Crippen LogP contribution in [0.1, 0.15) is 42.7 Å². The van der Waals surface area contributed by atoms with Crippen LogP contribution in [0.2, 0.25) is 0 Å². The Bertz CT molecular complexity index is 632. The Hall–Kier alpha value is -1.74. The fraction of sp³-hybridized carbons (Fsp3) is 0.412. The number of carbonyl (C=O) groups is 1. The SMILES string of the molecule is COC(C)(C)CCC(=O)c1cc(C)c2ccccc2n1. The van der Waals surface area contributed by atoms with Crippen LogP contribution in [0.3, 0.4) is 0 Å². The predicted octanol–water partition coefficient (Wildman–Crippen LogP) is 3.93. The molecule has 0 radical (unpaired) electrons. The van der Waals surface area contributed by atoms with E-state index in [0.29, 0.717) is 18.5 Å². The summed E-state index contributed by atoms with van der Waals surface area (Å²) in [7, 11) is 1.67. The van der Waals surface area contributed by atoms with Gasteiger partial charge in [0.2, 0.25) is 0 Å². The molecular weight excluding hydrogens is 250 g/mol. The van der Waals surface area contributed by atoms with Gasteiger partial charge in [-0.05, 0) is 44.9 Å². The number of nitrogens with zero attached hydrogens (tertiary/aromatic N) is 1. The van der Waals surface area contributed by atoms with Crippen molar-refractivity contribution in [3.05, 3.63) is 41.6 Å². The Labute approximate surface area is 120 Å². The predicted molar refractivity (Wildman–Crippen MR) is 81.1 cm³/mol. The van der Waals surface area contributed by atoms with Crippen LogP contribution in [0.5, 0.6) is 0 Å². The Morgan fingerprint density at radius 1 is 1.30 bits per heavy atom. The largest absolute Gasteiger partial charge is 0.379 e. The molecule has 1 heterocycles. The molecule has 1 aromatic heterocycles. The van der Waals surface area contributed by atoms with Crippen molar-refractivity contribution in [2.45, 2.75) is 39.2 Å². The number of rotatable bonds is 5. The summed E-state index contributed by atoms with van der Waals surface area (Å²) in [6, 6.07) is 9.78. The van der Waals surface area contributed by atoms with Crippen molar-refractivity contribution in [2.75, 3.05) is 7.11 Å². The summed E-state index contributed by atoms with van der Waals surface area (Å²) in [5.74, 6) is 0.0731. The molecule has 0 N–H and O–H groups in total. The van der Waals surface area contributed by atoms with Gasteiger partial charge in [0.05, 0.1) is 11.1 Å². The Morgan fingerprint density at radius 2 is 2.00 bits per heavy atom. The van der Waals surface area contributed by atoms with Crippen molar-refractivity contribution in [2.24, 2.45) is 0 Å². The van der Waals surface area contributed by atoms with E-state index in [9.17, 15) is 4.79 Å². The first-order chi connectivity index (χ1) is 9.43. The van der Waals surface area contributed by atoms with E-state index in [2.05, 4.69) is 4.98 Å². The van der Waals surface area contributed by atoms with Gasteiger partial charge in [0.15, 0.2) is 5.78 Å². The third-order valence-corrected chi connectivity index (χ3v) is 3.72. The molecular formula is C17H21NO2. The second-order valence-electron chi connectivity index (χ2n) is 5.73. The van der Waals surface area contributed by atoms with E-state index >= 15 is 0 Å². The third-order valence-electron chi connectivity index (χ3n) is 3.72. The zero-order chi connectivity index (χ0) is 14.8. The Balaban J connectivity index is 2.23. The summed E-state index contributed by atoms with van der Waals surface area (Å²) in [5.41, 5.74) is 2.24. The molecule has 2 aromatic rings. The molecule has 0 aliphatic carbocycles. The van der Waals surface area contributed by atoms with E-state index in [0.717, 1.165) is 16.5 Å². The molecule has 0 bridgehead atoms. The van der Waals surface area contributed by atoms with Crippen molar-refractivity contribution in [1.82, 2.24) is 4.98 Å². The molecule has 0 aliphatic rings. The van der Waals surface area contributed by atoms with Crippen molar-refractivity contribution in [1.29, 1.82) is 0 Å². The van der Waals surface area contributed by atoms with Crippen LogP contribution in [0.25, 0.3) is 10.9 Å². The highest BCUT2D eigenvalue weighted by Crippen LogP contribution is 2.20. The summed E-state index contributed by atoms with van der Waals surface area (Å²) >= 11 is 0. The summed E-state index contributed by atoms with van der Waals surface area (Å²) in [4.78, 5) is 16.8. The van der Waals surface area contributed by atoms with Crippen molar-refractivity contribution in [3.63, 3.8) is 0 Å². The number of para-hydroxylation sites is 1. The fourth-order valence-electron chi connectivity index (χ4n) is 2.14. The van der Waals surface area contributed by atoms with E-state index < -0.39 is 0 Å². The van der Waals surface area contributed by atoms with Gasteiger partial charge in [0, 0.05) is 18.9 Å². The first-order valence-corrected chi connectivity index (χ1v) is 6.88. The fourth-order valence-corrected chi connectivity index (χ4v) is 2.14. The number of ketones is 1. The summed E-state index contributed by atoms with van der Waals surface area (Å²) in [6.07, 6.45) is 1.14. The van der Waals surface area contributed by atoms with Gasteiger partial charge in [0.1, 0.15) is 5.69 Å². The topological polar surface area (TPSA) is 39.2 Å². The maximum Gasteiger partial charge on any atom is 0.181 e. The first kappa shape index (κ1) is 14.7. The average molecular weight is 271 g/mol. The van der Waals surface area contributed by atoms with Crippen molar-refractivity contribution < 1.29 is 9.53 Å². The van der Waals surface area contributed by atoms with Gasteiger partial charge in [0.25, 0.3) is 0 Å². The zero-order valence-corrected chi connectivity index (χ0v) is 12.6. The summed E-state index contributed by atoms with van der Waals surface area (Å²) in [6.45, 7) is 5.98. The van der Waals surface area contributed by atoms with E-state index in [-0.39, 0.29) is 11.4 Å². The number of Topliss-reactive ketones (excluding diaryl/α,β-unsaturated/α-hetero) is 1. The molecule has 1 aromatic carbocycles. The molecule has 106 valence electrons. The standard InChI is InChI=1S/C17H21NO2/c1-12-11-15(16(19)9-10-17(2,3)20-4)18-14-8-6-5-7-13(12)14/h5-8,11H,9-10H2,1-4H3. The minimum Gasteiger partial charge on any atom is -0.379 e. The van der Waals surface area contributed by atoms with Gasteiger partial charge >= 0.3 is 0 Å². The van der Waals surface area contributed by atoms with Crippen LogP contribution in [-0.4, -0.2) is 23.5 Å². The van der Waals surface area contributed by atoms with Crippen molar-refractivity contribution >= 4 is 16.7 Å². The quantitative estimate of drug-likeness (QED) is 0.773. The molecule has 0 atom stereocenters. The van der Waals surface area contributed by atoms with Gasteiger partial charge in [-0.1, -0.05) is 18.2 Å². The smallest absolute Gasteiger partial charge is 0.181 e. The number of hydrogen-bond donors (Lipinski definition) is 0. The second-order valence-corrected chi connectivity index (χ2v) is 5.73. The number of aromatic nitrogens is 1. The van der Waals surface area contributed by atoms with E-state index in [1.54, 1.807) is 7.11 Å². The van der Waals surface area contributed by atoms with Crippen LogP contribution >= 0.6 is 0 Å². The molecule has 0 amide bonds. The summed E-state index contributed by atoms with van der Waals surface area (Å²) in [5, 5.41) is 1.10. The van der Waals surface area contributed by atoms with Gasteiger partial charge in [-0.25, -0.2) is 4.98 Å². The van der Waals surface area contributed by atoms with Crippen LogP contribution in [0, 0.1) is 6.92 Å². The number of ether oxygens (including phenoxy) is 1. The lowest BCUT2D eigenvalue weighted by molar-refractivity contribution is 0.0141. The highest BCUT2D eigenvalue weighted by Gasteiger charge is 2.19. The molecule has 0 saturated heterocycles. The molecule has 3 nitrogen and oxygen atoms in total. The zero-order valence-electron chi connectivity index (χ0n) is 12.6. The minimum absolute atomic E-state index is 0.0731. The molecule has 0 aliphatic heterocycles. The van der Waals surface area contributed by atoms with Gasteiger partial charge in [-0.3, -0.25) is 4.79 Å². The monoisotopic (exact) mass is 271 g/mol. The maximum atomic E-state index is 12.3. The van der Waals surface area contributed by atoms with Gasteiger partial charge in [-0.15, -0.1) is 0 Å². The van der Waals surface area contributed by atoms with Crippen LogP contribution < -0.4 is 0 Å². The van der Waals surface area contributed by atoms with E-state index in [1.165, 1.54) is 0 Å². The number of benzene rings is 1.